The van der Waals surface area contributed by atoms with E-state index in [1.165, 1.54) is 0 Å². The van der Waals surface area contributed by atoms with Crippen LogP contribution in [-0.4, -0.2) is 24.8 Å². The number of carbonyl (C=O) groups excluding carboxylic acids is 1. The second-order valence-corrected chi connectivity index (χ2v) is 5.14. The van der Waals surface area contributed by atoms with E-state index < -0.39 is 0 Å². The normalized spacial score (nSPS) is 27.9. The minimum absolute atomic E-state index is 0.0929. The quantitative estimate of drug-likeness (QED) is 0.663. The number of hydrogen-bond acceptors (Lipinski definition) is 3. The highest BCUT2D eigenvalue weighted by Gasteiger charge is 2.39. The molecule has 0 aromatic carbocycles. The second kappa shape index (κ2) is 4.19. The summed E-state index contributed by atoms with van der Waals surface area (Å²) in [4.78, 5) is 15.4. The molecule has 0 amide bonds. The Kier molecular flexibility index (Phi) is 3.04. The molecule has 2 aliphatic rings. The number of rotatable bonds is 2. The Morgan fingerprint density at radius 1 is 1.44 bits per heavy atom. The summed E-state index contributed by atoms with van der Waals surface area (Å²) in [6.07, 6.45) is 6.33. The van der Waals surface area contributed by atoms with E-state index in [0.29, 0.717) is 18.4 Å². The Morgan fingerprint density at radius 3 is 2.75 bits per heavy atom. The number of aliphatic imine (C=N–C) groups is 1. The van der Waals surface area contributed by atoms with E-state index in [9.17, 15) is 4.79 Å². The van der Waals surface area contributed by atoms with Gasteiger partial charge in [0, 0.05) is 0 Å². The van der Waals surface area contributed by atoms with Crippen molar-refractivity contribution in [1.29, 1.82) is 0 Å². The molecule has 3 nitrogen and oxygen atoms in total. The average molecular weight is 218 g/mol. The first kappa shape index (κ1) is 11.6. The van der Waals surface area contributed by atoms with Crippen LogP contribution in [0.2, 0.25) is 0 Å². The molecule has 0 spiro atoms. The minimum atomic E-state index is 0.0929. The van der Waals surface area contributed by atoms with Gasteiger partial charge in [0.15, 0.2) is 5.90 Å². The molecule has 0 aromatic rings. The molecule has 1 unspecified atom stereocenters. The predicted octanol–water partition coefficient (Wildman–Crippen LogP) is 1.80. The molecule has 85 valence electrons. The summed E-state index contributed by atoms with van der Waals surface area (Å²) >= 11 is 0. The lowest BCUT2D eigenvalue weighted by Gasteiger charge is -2.21. The van der Waals surface area contributed by atoms with Crippen molar-refractivity contribution in [3.8, 4) is 0 Å². The molecular formula is C13H16NO2. The summed E-state index contributed by atoms with van der Waals surface area (Å²) in [5.41, 5.74) is 0.0929. The molecule has 5 radical (unpaired) electrons. The maximum atomic E-state index is 10.8. The zero-order valence-corrected chi connectivity index (χ0v) is 9.86. The molecule has 0 N–H and O–H groups in total. The molecule has 0 aromatic heterocycles. The molecule has 0 bridgehead atoms. The molecule has 1 heterocycles. The van der Waals surface area contributed by atoms with Crippen molar-refractivity contribution in [1.82, 2.24) is 0 Å². The Bertz CT molecular complexity index is 304. The lowest BCUT2D eigenvalue weighted by molar-refractivity contribution is -0.105. The van der Waals surface area contributed by atoms with E-state index in [4.69, 9.17) is 4.74 Å². The maximum Gasteiger partial charge on any atom is 0.192 e. The SMILES string of the molecule is CC(C)(C)C1COC([C]2[CH][CH][CH][C]2C=O)=N1. The highest BCUT2D eigenvalue weighted by atomic mass is 16.5. The lowest BCUT2D eigenvalue weighted by Crippen LogP contribution is -2.25. The van der Waals surface area contributed by atoms with Crippen molar-refractivity contribution in [2.75, 3.05) is 6.61 Å². The van der Waals surface area contributed by atoms with Crippen LogP contribution in [0.4, 0.5) is 0 Å². The fourth-order valence-electron chi connectivity index (χ4n) is 1.70. The number of nitrogens with zero attached hydrogens (tertiary/aromatic N) is 1. The van der Waals surface area contributed by atoms with E-state index in [2.05, 4.69) is 25.8 Å². The summed E-state index contributed by atoms with van der Waals surface area (Å²) in [5, 5.41) is 0. The van der Waals surface area contributed by atoms with E-state index in [-0.39, 0.29) is 11.5 Å². The summed E-state index contributed by atoms with van der Waals surface area (Å²) in [6.45, 7) is 7.01. The molecule has 0 saturated heterocycles. The number of carbonyl (C=O) groups is 1. The Labute approximate surface area is 97.3 Å². The van der Waals surface area contributed by atoms with Crippen LogP contribution in [0.5, 0.6) is 0 Å². The largest absolute Gasteiger partial charge is 0.478 e. The zero-order chi connectivity index (χ0) is 11.8. The third-order valence-electron chi connectivity index (χ3n) is 2.86. The summed E-state index contributed by atoms with van der Waals surface area (Å²) < 4.78 is 5.57. The predicted molar refractivity (Wildman–Crippen MR) is 62.1 cm³/mol. The smallest absolute Gasteiger partial charge is 0.192 e. The van der Waals surface area contributed by atoms with Crippen molar-refractivity contribution in [3.05, 3.63) is 31.1 Å². The first-order valence-corrected chi connectivity index (χ1v) is 5.44. The molecular weight excluding hydrogens is 202 g/mol. The first-order valence-electron chi connectivity index (χ1n) is 5.44. The van der Waals surface area contributed by atoms with Gasteiger partial charge in [-0.05, 0) is 24.7 Å². The third kappa shape index (κ3) is 2.13. The van der Waals surface area contributed by atoms with Gasteiger partial charge in [-0.15, -0.1) is 0 Å². The first-order chi connectivity index (χ1) is 7.52. The van der Waals surface area contributed by atoms with Gasteiger partial charge in [0.05, 0.1) is 17.9 Å². The summed E-state index contributed by atoms with van der Waals surface area (Å²) in [7, 11) is 0. The highest BCUT2D eigenvalue weighted by Crippen LogP contribution is 2.36. The van der Waals surface area contributed by atoms with Gasteiger partial charge in [0.1, 0.15) is 12.9 Å². The van der Waals surface area contributed by atoms with Crippen LogP contribution >= 0.6 is 0 Å². The van der Waals surface area contributed by atoms with Crippen LogP contribution in [0.25, 0.3) is 0 Å². The topological polar surface area (TPSA) is 38.7 Å². The summed E-state index contributed by atoms with van der Waals surface area (Å²) in [6, 6.07) is 0.164. The number of aldehydes is 1. The van der Waals surface area contributed by atoms with Gasteiger partial charge in [-0.25, -0.2) is 4.99 Å². The van der Waals surface area contributed by atoms with Gasteiger partial charge in [-0.2, -0.15) is 0 Å². The van der Waals surface area contributed by atoms with E-state index in [0.717, 1.165) is 12.2 Å². The van der Waals surface area contributed by atoms with Crippen LogP contribution in [0.1, 0.15) is 20.8 Å². The van der Waals surface area contributed by atoms with E-state index >= 15 is 0 Å². The molecule has 1 fully saturated rings. The summed E-state index contributed by atoms with van der Waals surface area (Å²) in [5.74, 6) is 2.06. The maximum absolute atomic E-state index is 10.8. The molecule has 1 aliphatic carbocycles. The van der Waals surface area contributed by atoms with Crippen LogP contribution in [0.15, 0.2) is 4.99 Å². The Balaban J connectivity index is 2.09. The fourth-order valence-corrected chi connectivity index (χ4v) is 1.70. The van der Waals surface area contributed by atoms with Gasteiger partial charge in [-0.1, -0.05) is 20.8 Å². The van der Waals surface area contributed by atoms with Gasteiger partial charge in [0.2, 0.25) is 0 Å². The van der Waals surface area contributed by atoms with E-state index in [1.807, 2.05) is 12.8 Å². The Morgan fingerprint density at radius 2 is 2.19 bits per heavy atom. The van der Waals surface area contributed by atoms with Crippen molar-refractivity contribution in [2.24, 2.45) is 10.4 Å². The van der Waals surface area contributed by atoms with E-state index in [1.54, 1.807) is 6.42 Å². The van der Waals surface area contributed by atoms with Crippen LogP contribution in [-0.2, 0) is 9.53 Å². The van der Waals surface area contributed by atoms with Gasteiger partial charge in [-0.3, -0.25) is 0 Å². The van der Waals surface area contributed by atoms with Gasteiger partial charge in [0.25, 0.3) is 0 Å². The van der Waals surface area contributed by atoms with Gasteiger partial charge < -0.3 is 9.53 Å². The average Bonchev–Trinajstić information content (AvgIpc) is 2.84. The monoisotopic (exact) mass is 218 g/mol. The third-order valence-corrected chi connectivity index (χ3v) is 2.86. The molecule has 3 heteroatoms. The van der Waals surface area contributed by atoms with Crippen LogP contribution < -0.4 is 0 Å². The van der Waals surface area contributed by atoms with Crippen molar-refractivity contribution >= 4 is 12.2 Å². The van der Waals surface area contributed by atoms with Crippen molar-refractivity contribution in [3.63, 3.8) is 0 Å². The molecule has 16 heavy (non-hydrogen) atoms. The van der Waals surface area contributed by atoms with Gasteiger partial charge >= 0.3 is 0 Å². The van der Waals surface area contributed by atoms with Crippen molar-refractivity contribution in [2.45, 2.75) is 26.8 Å². The fraction of sp³-hybridized carbons (Fsp3) is 0.462. The number of ether oxygens (including phenoxy) is 1. The molecule has 1 saturated carbocycles. The van der Waals surface area contributed by atoms with Crippen LogP contribution in [0.3, 0.4) is 0 Å². The number of hydrogen-bond donors (Lipinski definition) is 0. The minimum Gasteiger partial charge on any atom is -0.478 e. The van der Waals surface area contributed by atoms with Crippen molar-refractivity contribution < 1.29 is 9.53 Å². The lowest BCUT2D eigenvalue weighted by atomic mass is 9.88. The molecule has 1 aliphatic heterocycles. The second-order valence-electron chi connectivity index (χ2n) is 5.14. The zero-order valence-electron chi connectivity index (χ0n) is 9.86. The Hall–Kier alpha value is -0.860. The standard InChI is InChI=1S/C13H16NO2/c1-13(2,3)11-8-16-12(14-11)10-6-4-5-9(10)7-15/h4-7,11H,8H2,1-3H3. The molecule has 2 rings (SSSR count). The highest BCUT2D eigenvalue weighted by molar-refractivity contribution is 6.05. The molecule has 1 atom stereocenters. The van der Waals surface area contributed by atoms with Crippen LogP contribution in [0, 0.1) is 36.5 Å².